The largest absolute Gasteiger partial charge is 0.495 e. The zero-order chi connectivity index (χ0) is 15.2. The average Bonchev–Trinajstić information content (AvgIpc) is 2.90. The van der Waals surface area contributed by atoms with Crippen molar-refractivity contribution in [3.63, 3.8) is 0 Å². The molecule has 5 nitrogen and oxygen atoms in total. The molecule has 2 N–H and O–H groups in total. The Morgan fingerprint density at radius 2 is 2.38 bits per heavy atom. The lowest BCUT2D eigenvalue weighted by atomic mass is 10.1. The lowest BCUT2D eigenvalue weighted by molar-refractivity contribution is 0.0866. The molecule has 1 aliphatic heterocycles. The van der Waals surface area contributed by atoms with Gasteiger partial charge in [0.15, 0.2) is 0 Å². The number of carbonyl (C=O) groups is 1. The molecule has 2 rings (SSSR count). The number of methoxy groups -OCH3 is 1. The zero-order valence-corrected chi connectivity index (χ0v) is 12.2. The van der Waals surface area contributed by atoms with Crippen LogP contribution in [0.2, 0.25) is 0 Å². The number of aliphatic hydroxyl groups excluding tert-OH is 1. The normalized spacial score (nSPS) is 20.5. The van der Waals surface area contributed by atoms with Gasteiger partial charge in [0, 0.05) is 12.2 Å². The Labute approximate surface area is 124 Å². The van der Waals surface area contributed by atoms with Gasteiger partial charge in [0.05, 0.1) is 24.8 Å². The maximum absolute atomic E-state index is 12.3. The van der Waals surface area contributed by atoms with E-state index in [-0.39, 0.29) is 24.7 Å². The summed E-state index contributed by atoms with van der Waals surface area (Å²) in [6, 6.07) is 5.09. The summed E-state index contributed by atoms with van der Waals surface area (Å²) in [5.74, 6) is 5.76. The van der Waals surface area contributed by atoms with Crippen LogP contribution in [0, 0.1) is 11.8 Å². The molecule has 1 aliphatic rings. The van der Waals surface area contributed by atoms with Crippen molar-refractivity contribution >= 4 is 5.91 Å². The van der Waals surface area contributed by atoms with Gasteiger partial charge in [0.1, 0.15) is 12.4 Å². The smallest absolute Gasteiger partial charge is 0.251 e. The minimum Gasteiger partial charge on any atom is -0.495 e. The van der Waals surface area contributed by atoms with Crippen LogP contribution in [0.15, 0.2) is 18.2 Å². The van der Waals surface area contributed by atoms with E-state index in [1.165, 1.54) is 7.11 Å². The summed E-state index contributed by atoms with van der Waals surface area (Å²) in [7, 11) is 1.54. The van der Waals surface area contributed by atoms with E-state index < -0.39 is 0 Å². The fourth-order valence-corrected chi connectivity index (χ4v) is 2.25. The predicted octanol–water partition coefficient (Wildman–Crippen LogP) is 0.946. The van der Waals surface area contributed by atoms with Crippen molar-refractivity contribution in [3.05, 3.63) is 29.3 Å². The molecule has 1 saturated heterocycles. The van der Waals surface area contributed by atoms with Gasteiger partial charge in [-0.25, -0.2) is 0 Å². The third-order valence-corrected chi connectivity index (χ3v) is 3.46. The Morgan fingerprint density at radius 3 is 3.00 bits per heavy atom. The molecule has 0 spiro atoms. The highest BCUT2D eigenvalue weighted by atomic mass is 16.5. The van der Waals surface area contributed by atoms with E-state index in [0.717, 1.165) is 6.42 Å². The number of benzene rings is 1. The van der Waals surface area contributed by atoms with Gasteiger partial charge in [0.25, 0.3) is 5.91 Å². The van der Waals surface area contributed by atoms with E-state index in [9.17, 15) is 4.79 Å². The number of aliphatic hydroxyl groups is 1. The summed E-state index contributed by atoms with van der Waals surface area (Å²) in [5.41, 5.74) is 1.09. The number of rotatable bonds is 3. The highest BCUT2D eigenvalue weighted by Crippen LogP contribution is 2.20. The average molecular weight is 289 g/mol. The minimum absolute atomic E-state index is 0.0286. The molecule has 1 amide bonds. The van der Waals surface area contributed by atoms with Gasteiger partial charge in [0.2, 0.25) is 0 Å². The lowest BCUT2D eigenvalue weighted by Crippen LogP contribution is -2.39. The SMILES string of the molecule is COc1ccc(C(=O)NC2CCOC2C)cc1C#CCO. The first-order valence-corrected chi connectivity index (χ1v) is 6.86. The summed E-state index contributed by atoms with van der Waals surface area (Å²) in [5, 5.41) is 11.7. The van der Waals surface area contributed by atoms with Crippen LogP contribution in [0.5, 0.6) is 5.75 Å². The topological polar surface area (TPSA) is 67.8 Å². The Balaban J connectivity index is 2.17. The van der Waals surface area contributed by atoms with Crippen molar-refractivity contribution in [2.24, 2.45) is 0 Å². The summed E-state index contributed by atoms with van der Waals surface area (Å²) in [4.78, 5) is 12.3. The van der Waals surface area contributed by atoms with Crippen molar-refractivity contribution in [2.45, 2.75) is 25.5 Å². The zero-order valence-electron chi connectivity index (χ0n) is 12.2. The van der Waals surface area contributed by atoms with Gasteiger partial charge in [-0.3, -0.25) is 4.79 Å². The number of ether oxygens (including phenoxy) is 2. The highest BCUT2D eigenvalue weighted by molar-refractivity contribution is 5.95. The molecule has 5 heteroatoms. The van der Waals surface area contributed by atoms with E-state index in [1.54, 1.807) is 18.2 Å². The molecule has 1 aromatic rings. The molecule has 2 unspecified atom stereocenters. The van der Waals surface area contributed by atoms with Crippen LogP contribution in [-0.4, -0.2) is 43.5 Å². The van der Waals surface area contributed by atoms with Gasteiger partial charge in [-0.15, -0.1) is 0 Å². The Kier molecular flexibility index (Phi) is 5.20. The number of hydrogen-bond donors (Lipinski definition) is 2. The quantitative estimate of drug-likeness (QED) is 0.813. The van der Waals surface area contributed by atoms with Crippen LogP contribution in [0.4, 0.5) is 0 Å². The van der Waals surface area contributed by atoms with Crippen LogP contribution in [0.3, 0.4) is 0 Å². The molecule has 0 aromatic heterocycles. The molecule has 112 valence electrons. The second kappa shape index (κ2) is 7.11. The second-order valence-electron chi connectivity index (χ2n) is 4.82. The van der Waals surface area contributed by atoms with Gasteiger partial charge in [-0.1, -0.05) is 11.8 Å². The molecule has 1 aromatic carbocycles. The van der Waals surface area contributed by atoms with Gasteiger partial charge < -0.3 is 19.9 Å². The van der Waals surface area contributed by atoms with Crippen LogP contribution < -0.4 is 10.1 Å². The molecule has 1 fully saturated rings. The number of hydrogen-bond acceptors (Lipinski definition) is 4. The van der Waals surface area contributed by atoms with Crippen LogP contribution in [-0.2, 0) is 4.74 Å². The van der Waals surface area contributed by atoms with Crippen molar-refractivity contribution in [1.82, 2.24) is 5.32 Å². The summed E-state index contributed by atoms with van der Waals surface area (Å²) < 4.78 is 10.6. The summed E-state index contributed by atoms with van der Waals surface area (Å²) in [6.07, 6.45) is 0.848. The standard InChI is InChI=1S/C16H19NO4/c1-11-14(7-9-21-11)17-16(19)13-5-6-15(20-2)12(10-13)4-3-8-18/h5-6,10-11,14,18H,7-9H2,1-2H3,(H,17,19). The molecular weight excluding hydrogens is 270 g/mol. The number of nitrogens with one attached hydrogen (secondary N) is 1. The third kappa shape index (κ3) is 3.75. The maximum Gasteiger partial charge on any atom is 0.251 e. The summed E-state index contributed by atoms with van der Waals surface area (Å²) in [6.45, 7) is 2.38. The molecule has 0 saturated carbocycles. The van der Waals surface area contributed by atoms with Gasteiger partial charge in [-0.2, -0.15) is 0 Å². The first kappa shape index (κ1) is 15.4. The van der Waals surface area contributed by atoms with Crippen LogP contribution in [0.1, 0.15) is 29.3 Å². The Bertz CT molecular complexity index is 573. The summed E-state index contributed by atoms with van der Waals surface area (Å²) >= 11 is 0. The van der Waals surface area contributed by atoms with Crippen molar-refractivity contribution in [1.29, 1.82) is 0 Å². The Morgan fingerprint density at radius 1 is 1.57 bits per heavy atom. The molecule has 21 heavy (non-hydrogen) atoms. The monoisotopic (exact) mass is 289 g/mol. The molecule has 0 aliphatic carbocycles. The first-order chi connectivity index (χ1) is 10.2. The lowest BCUT2D eigenvalue weighted by Gasteiger charge is -2.16. The Hall–Kier alpha value is -2.03. The third-order valence-electron chi connectivity index (χ3n) is 3.46. The van der Waals surface area contributed by atoms with E-state index in [0.29, 0.717) is 23.5 Å². The van der Waals surface area contributed by atoms with Crippen LogP contribution in [0.25, 0.3) is 0 Å². The second-order valence-corrected chi connectivity index (χ2v) is 4.82. The number of carbonyl (C=O) groups excluding carboxylic acids is 1. The van der Waals surface area contributed by atoms with Gasteiger partial charge >= 0.3 is 0 Å². The fourth-order valence-electron chi connectivity index (χ4n) is 2.25. The molecule has 0 bridgehead atoms. The maximum atomic E-state index is 12.3. The molecular formula is C16H19NO4. The number of amides is 1. The fraction of sp³-hybridized carbons (Fsp3) is 0.438. The van der Waals surface area contributed by atoms with Crippen molar-refractivity contribution < 1.29 is 19.4 Å². The van der Waals surface area contributed by atoms with Crippen molar-refractivity contribution in [2.75, 3.05) is 20.3 Å². The van der Waals surface area contributed by atoms with E-state index >= 15 is 0 Å². The van der Waals surface area contributed by atoms with E-state index in [1.807, 2.05) is 6.92 Å². The van der Waals surface area contributed by atoms with Gasteiger partial charge in [-0.05, 0) is 31.5 Å². The molecule has 1 heterocycles. The van der Waals surface area contributed by atoms with Crippen molar-refractivity contribution in [3.8, 4) is 17.6 Å². The minimum atomic E-state index is -0.240. The van der Waals surface area contributed by atoms with Crippen LogP contribution >= 0.6 is 0 Å². The van der Waals surface area contributed by atoms with E-state index in [2.05, 4.69) is 17.2 Å². The molecule has 0 radical (unpaired) electrons. The first-order valence-electron chi connectivity index (χ1n) is 6.86. The molecule has 2 atom stereocenters. The highest BCUT2D eigenvalue weighted by Gasteiger charge is 2.26. The predicted molar refractivity (Wildman–Crippen MR) is 78.2 cm³/mol. The van der Waals surface area contributed by atoms with E-state index in [4.69, 9.17) is 14.6 Å².